The molecule has 1 fully saturated rings. The lowest BCUT2D eigenvalue weighted by Gasteiger charge is -2.43. The second kappa shape index (κ2) is 10.5. The Balaban J connectivity index is 1.45. The minimum Gasteiger partial charge on any atom is -0.496 e. The van der Waals surface area contributed by atoms with E-state index >= 15 is 0 Å². The smallest absolute Gasteiger partial charge is 0.329 e. The third kappa shape index (κ3) is 5.28. The number of nitrogens with one attached hydrogen (secondary N) is 1. The fourth-order valence-corrected chi connectivity index (χ4v) is 6.80. The molecule has 2 aliphatic carbocycles. The topological polar surface area (TPSA) is 104 Å². The van der Waals surface area contributed by atoms with Crippen LogP contribution in [0.3, 0.4) is 0 Å². The predicted molar refractivity (Wildman–Crippen MR) is 157 cm³/mol. The molecule has 1 N–H and O–H groups in total. The number of hydrogen-bond donors (Lipinski definition) is 1. The molecule has 1 aromatic heterocycles. The molecular formula is C34H38N2O6. The zero-order valence-electron chi connectivity index (χ0n) is 25.0. The van der Waals surface area contributed by atoms with Gasteiger partial charge in [0.1, 0.15) is 23.3 Å². The van der Waals surface area contributed by atoms with Crippen LogP contribution in [0.15, 0.2) is 59.1 Å². The van der Waals surface area contributed by atoms with Crippen LogP contribution in [0.5, 0.6) is 11.6 Å². The van der Waals surface area contributed by atoms with Crippen molar-refractivity contribution in [1.82, 2.24) is 10.3 Å². The number of carbonyl (C=O) groups is 3. The summed E-state index contributed by atoms with van der Waals surface area (Å²) in [7, 11) is 1.59. The van der Waals surface area contributed by atoms with Crippen molar-refractivity contribution in [3.05, 3.63) is 64.6 Å². The Hall–Kier alpha value is -3.78. The summed E-state index contributed by atoms with van der Waals surface area (Å²) in [6.07, 6.45) is 3.66. The van der Waals surface area contributed by atoms with Gasteiger partial charge in [-0.15, -0.1) is 0 Å². The molecule has 8 nitrogen and oxygen atoms in total. The number of ether oxygens (including phenoxy) is 3. The third-order valence-electron chi connectivity index (χ3n) is 8.69. The molecule has 1 saturated heterocycles. The summed E-state index contributed by atoms with van der Waals surface area (Å²) >= 11 is 0. The van der Waals surface area contributed by atoms with Gasteiger partial charge in [0, 0.05) is 54.0 Å². The van der Waals surface area contributed by atoms with Crippen LogP contribution in [0.1, 0.15) is 77.7 Å². The van der Waals surface area contributed by atoms with Crippen molar-refractivity contribution < 1.29 is 28.6 Å². The largest absolute Gasteiger partial charge is 0.496 e. The number of nitrogens with zero attached hydrogens (tertiary/aromatic N) is 1. The van der Waals surface area contributed by atoms with Crippen LogP contribution in [0.4, 0.5) is 0 Å². The first-order chi connectivity index (χ1) is 19.9. The van der Waals surface area contributed by atoms with Gasteiger partial charge in [-0.1, -0.05) is 33.8 Å². The molecule has 4 aliphatic rings. The zero-order chi connectivity index (χ0) is 29.8. The first kappa shape index (κ1) is 28.3. The number of carbonyl (C=O) groups excluding carboxylic acids is 3. The number of Topliss-reactive ketones (excluding diaryl/α,β-unsaturated/α-hetero) is 2. The minimum atomic E-state index is -0.597. The number of esters is 1. The molecule has 1 aromatic carbocycles. The summed E-state index contributed by atoms with van der Waals surface area (Å²) in [5, 5.41) is 3.15. The monoisotopic (exact) mass is 570 g/mol. The van der Waals surface area contributed by atoms with Crippen LogP contribution < -0.4 is 14.8 Å². The normalized spacial score (nSPS) is 23.3. The van der Waals surface area contributed by atoms with Crippen molar-refractivity contribution in [3.63, 3.8) is 0 Å². The van der Waals surface area contributed by atoms with E-state index in [-0.39, 0.29) is 40.3 Å². The molecular weight excluding hydrogens is 532 g/mol. The second-order valence-corrected chi connectivity index (χ2v) is 13.5. The minimum absolute atomic E-state index is 0.00422. The van der Waals surface area contributed by atoms with E-state index in [9.17, 15) is 14.4 Å². The van der Waals surface area contributed by atoms with Gasteiger partial charge in [-0.05, 0) is 54.5 Å². The van der Waals surface area contributed by atoms with E-state index in [0.717, 1.165) is 30.5 Å². The summed E-state index contributed by atoms with van der Waals surface area (Å²) in [6, 6.07) is 10.7. The third-order valence-corrected chi connectivity index (χ3v) is 8.69. The molecule has 0 spiro atoms. The lowest BCUT2D eigenvalue weighted by Crippen LogP contribution is -2.37. The van der Waals surface area contributed by atoms with E-state index < -0.39 is 5.92 Å². The van der Waals surface area contributed by atoms with E-state index in [2.05, 4.69) is 38.0 Å². The van der Waals surface area contributed by atoms with Crippen LogP contribution in [0, 0.1) is 10.8 Å². The first-order valence-electron chi connectivity index (χ1n) is 14.8. The molecule has 3 heterocycles. The van der Waals surface area contributed by atoms with Crippen LogP contribution in [0.25, 0.3) is 11.3 Å². The summed E-state index contributed by atoms with van der Waals surface area (Å²) < 4.78 is 17.9. The Labute approximate surface area is 246 Å². The van der Waals surface area contributed by atoms with Crippen LogP contribution in [0.2, 0.25) is 0 Å². The molecule has 2 aliphatic heterocycles. The maximum absolute atomic E-state index is 13.8. The molecule has 0 bridgehead atoms. The molecule has 0 unspecified atom stereocenters. The Morgan fingerprint density at radius 1 is 0.952 bits per heavy atom. The SMILES string of the molecule is COc1ccc(-c2cccc(OC(=O)[C@H]3CCCN3)n2)cc1C1C2=C(CC(C)(C)CC2=O)OC2=C1C(=O)CC(C)(C)C2. The summed E-state index contributed by atoms with van der Waals surface area (Å²) in [5.41, 5.74) is 2.70. The van der Waals surface area contributed by atoms with Crippen LogP contribution >= 0.6 is 0 Å². The number of pyridine rings is 1. The first-order valence-corrected chi connectivity index (χ1v) is 14.8. The highest BCUT2D eigenvalue weighted by molar-refractivity contribution is 6.06. The van der Waals surface area contributed by atoms with Crippen molar-refractivity contribution in [3.8, 4) is 22.9 Å². The van der Waals surface area contributed by atoms with E-state index in [1.165, 1.54) is 0 Å². The molecule has 220 valence electrons. The molecule has 42 heavy (non-hydrogen) atoms. The molecule has 1 atom stereocenters. The Morgan fingerprint density at radius 3 is 2.21 bits per heavy atom. The van der Waals surface area contributed by atoms with Gasteiger partial charge >= 0.3 is 5.97 Å². The molecule has 0 radical (unpaired) electrons. The summed E-state index contributed by atoms with van der Waals surface area (Å²) in [4.78, 5) is 44.8. The number of hydrogen-bond acceptors (Lipinski definition) is 8. The fraction of sp³-hybridized carbons (Fsp3) is 0.471. The fourth-order valence-electron chi connectivity index (χ4n) is 6.80. The van der Waals surface area contributed by atoms with Gasteiger partial charge in [-0.2, -0.15) is 0 Å². The molecule has 0 amide bonds. The highest BCUT2D eigenvalue weighted by Gasteiger charge is 2.48. The van der Waals surface area contributed by atoms with Gasteiger partial charge in [-0.25, -0.2) is 9.78 Å². The van der Waals surface area contributed by atoms with Gasteiger partial charge < -0.3 is 19.5 Å². The highest BCUT2D eigenvalue weighted by Crippen LogP contribution is 2.54. The van der Waals surface area contributed by atoms with Gasteiger partial charge in [0.15, 0.2) is 11.6 Å². The van der Waals surface area contributed by atoms with Crippen molar-refractivity contribution in [2.45, 2.75) is 78.2 Å². The number of ketones is 2. The summed E-state index contributed by atoms with van der Waals surface area (Å²) in [5.74, 6) is 1.17. The second-order valence-electron chi connectivity index (χ2n) is 13.5. The van der Waals surface area contributed by atoms with E-state index in [1.807, 2.05) is 24.3 Å². The van der Waals surface area contributed by atoms with E-state index in [4.69, 9.17) is 14.2 Å². The Kier molecular flexibility index (Phi) is 7.08. The molecule has 8 heteroatoms. The molecule has 0 saturated carbocycles. The van der Waals surface area contributed by atoms with Crippen LogP contribution in [-0.2, 0) is 19.1 Å². The number of allylic oxidation sites excluding steroid dienone is 4. The predicted octanol–water partition coefficient (Wildman–Crippen LogP) is 5.81. The number of rotatable bonds is 5. The maximum atomic E-state index is 13.8. The van der Waals surface area contributed by atoms with E-state index in [1.54, 1.807) is 19.2 Å². The lowest BCUT2D eigenvalue weighted by atomic mass is 9.65. The maximum Gasteiger partial charge on any atom is 0.329 e. The van der Waals surface area contributed by atoms with Crippen molar-refractivity contribution in [1.29, 1.82) is 0 Å². The number of methoxy groups -OCH3 is 1. The van der Waals surface area contributed by atoms with E-state index in [0.29, 0.717) is 59.8 Å². The van der Waals surface area contributed by atoms with Crippen molar-refractivity contribution in [2.75, 3.05) is 13.7 Å². The molecule has 2 aromatic rings. The van der Waals surface area contributed by atoms with Crippen LogP contribution in [-0.4, -0.2) is 42.2 Å². The Morgan fingerprint density at radius 2 is 1.62 bits per heavy atom. The quantitative estimate of drug-likeness (QED) is 0.449. The van der Waals surface area contributed by atoms with Crippen molar-refractivity contribution >= 4 is 17.5 Å². The highest BCUT2D eigenvalue weighted by atomic mass is 16.5. The molecule has 6 rings (SSSR count). The number of benzene rings is 1. The van der Waals surface area contributed by atoms with Gasteiger partial charge in [0.05, 0.1) is 18.7 Å². The zero-order valence-corrected chi connectivity index (χ0v) is 25.0. The Bertz CT molecular complexity index is 1490. The number of aromatic nitrogens is 1. The lowest BCUT2D eigenvalue weighted by molar-refractivity contribution is -0.136. The standard InChI is InChI=1S/C34H38N2O6/c1-33(2)15-23(37)30-26(17-33)41-27-18-34(3,4)16-24(38)31(27)29(30)20-14-19(11-12-25(20)40-5)21-8-6-10-28(36-21)42-32(39)22-9-7-13-35-22/h6,8,10-12,14,22,29,35H,7,9,13,15-18H2,1-5H3/t22-/m1/s1. The van der Waals surface area contributed by atoms with Crippen molar-refractivity contribution in [2.24, 2.45) is 10.8 Å². The van der Waals surface area contributed by atoms with Gasteiger partial charge in [0.25, 0.3) is 0 Å². The van der Waals surface area contributed by atoms with Gasteiger partial charge in [0.2, 0.25) is 5.88 Å². The summed E-state index contributed by atoms with van der Waals surface area (Å²) in [6.45, 7) is 9.08. The average molecular weight is 571 g/mol. The van der Waals surface area contributed by atoms with Gasteiger partial charge in [-0.3, -0.25) is 9.59 Å². The average Bonchev–Trinajstić information content (AvgIpc) is 3.46.